The predicted molar refractivity (Wildman–Crippen MR) is 89.8 cm³/mol. The number of rotatable bonds is 5. The lowest BCUT2D eigenvalue weighted by atomic mass is 10.1. The molecule has 0 saturated carbocycles. The van der Waals surface area contributed by atoms with Crippen LogP contribution in [0.1, 0.15) is 11.6 Å². The van der Waals surface area contributed by atoms with Crippen molar-refractivity contribution >= 4 is 28.2 Å². The van der Waals surface area contributed by atoms with Crippen molar-refractivity contribution in [3.63, 3.8) is 0 Å². The summed E-state index contributed by atoms with van der Waals surface area (Å²) in [4.78, 5) is 19.1. The highest BCUT2D eigenvalue weighted by molar-refractivity contribution is 7.13. The first-order chi connectivity index (χ1) is 11.7. The summed E-state index contributed by atoms with van der Waals surface area (Å²) in [6.45, 7) is 0. The van der Waals surface area contributed by atoms with Crippen molar-refractivity contribution in [2.75, 3.05) is 0 Å². The van der Waals surface area contributed by atoms with E-state index in [2.05, 4.69) is 20.3 Å². The fourth-order valence-electron chi connectivity index (χ4n) is 2.68. The molecule has 1 unspecified atom stereocenters. The SMILES string of the molecule is O=C(O)C(Cc1c[nH]c2ccccc12)n1cc(-c2nccs2)nn1. The molecular formula is C16H13N5O2S. The zero-order chi connectivity index (χ0) is 16.5. The lowest BCUT2D eigenvalue weighted by molar-refractivity contribution is -0.141. The Morgan fingerprint density at radius 2 is 2.25 bits per heavy atom. The minimum Gasteiger partial charge on any atom is -0.480 e. The van der Waals surface area contributed by atoms with E-state index in [-0.39, 0.29) is 0 Å². The highest BCUT2D eigenvalue weighted by Crippen LogP contribution is 2.24. The highest BCUT2D eigenvalue weighted by atomic mass is 32.1. The minimum atomic E-state index is -0.948. The molecule has 3 aromatic heterocycles. The van der Waals surface area contributed by atoms with Gasteiger partial charge in [0.15, 0.2) is 6.04 Å². The van der Waals surface area contributed by atoms with Crippen LogP contribution < -0.4 is 0 Å². The van der Waals surface area contributed by atoms with Gasteiger partial charge in [-0.1, -0.05) is 23.4 Å². The Bertz CT molecular complexity index is 989. The molecule has 120 valence electrons. The molecule has 0 saturated heterocycles. The molecule has 7 nitrogen and oxygen atoms in total. The second-order valence-corrected chi connectivity index (χ2v) is 6.23. The number of carboxylic acid groups (broad SMARTS) is 1. The molecule has 4 aromatic rings. The number of H-pyrrole nitrogens is 1. The molecule has 0 aliphatic rings. The van der Waals surface area contributed by atoms with Crippen LogP contribution in [0.15, 0.2) is 48.2 Å². The van der Waals surface area contributed by atoms with Crippen molar-refractivity contribution in [2.45, 2.75) is 12.5 Å². The third-order valence-electron chi connectivity index (χ3n) is 3.85. The molecule has 2 N–H and O–H groups in total. The highest BCUT2D eigenvalue weighted by Gasteiger charge is 2.23. The van der Waals surface area contributed by atoms with Crippen LogP contribution in [-0.4, -0.2) is 36.0 Å². The fourth-order valence-corrected chi connectivity index (χ4v) is 3.27. The van der Waals surface area contributed by atoms with Crippen LogP contribution in [0.5, 0.6) is 0 Å². The average molecular weight is 339 g/mol. The molecule has 0 bridgehead atoms. The van der Waals surface area contributed by atoms with Gasteiger partial charge in [-0.3, -0.25) is 0 Å². The number of hydrogen-bond acceptors (Lipinski definition) is 5. The van der Waals surface area contributed by atoms with E-state index in [1.807, 2.05) is 35.8 Å². The standard InChI is InChI=1S/C16H13N5O2S/c22-16(23)14(7-10-8-18-12-4-2-1-3-11(10)12)21-9-13(19-20-21)15-17-5-6-24-15/h1-6,8-9,14,18H,7H2,(H,22,23). The summed E-state index contributed by atoms with van der Waals surface area (Å²) in [5, 5.41) is 21.2. The molecule has 0 fully saturated rings. The van der Waals surface area contributed by atoms with Crippen molar-refractivity contribution in [3.8, 4) is 10.7 Å². The number of carbonyl (C=O) groups is 1. The lowest BCUT2D eigenvalue weighted by Crippen LogP contribution is -2.22. The van der Waals surface area contributed by atoms with E-state index in [1.165, 1.54) is 16.0 Å². The summed E-state index contributed by atoms with van der Waals surface area (Å²) in [5.74, 6) is -0.948. The first-order valence-corrected chi connectivity index (χ1v) is 8.20. The molecule has 0 aliphatic carbocycles. The Morgan fingerprint density at radius 1 is 1.38 bits per heavy atom. The summed E-state index contributed by atoms with van der Waals surface area (Å²) in [7, 11) is 0. The third-order valence-corrected chi connectivity index (χ3v) is 4.65. The van der Waals surface area contributed by atoms with Crippen LogP contribution in [0, 0.1) is 0 Å². The number of carboxylic acids is 1. The first-order valence-electron chi connectivity index (χ1n) is 7.32. The summed E-state index contributed by atoms with van der Waals surface area (Å²) >= 11 is 1.44. The Balaban J connectivity index is 1.67. The van der Waals surface area contributed by atoms with Crippen molar-refractivity contribution in [2.24, 2.45) is 0 Å². The number of nitrogens with one attached hydrogen (secondary N) is 1. The van der Waals surface area contributed by atoms with Gasteiger partial charge in [0.2, 0.25) is 0 Å². The number of thiazole rings is 1. The van der Waals surface area contributed by atoms with E-state index < -0.39 is 12.0 Å². The van der Waals surface area contributed by atoms with E-state index >= 15 is 0 Å². The number of benzene rings is 1. The van der Waals surface area contributed by atoms with Gasteiger partial charge in [0.25, 0.3) is 0 Å². The van der Waals surface area contributed by atoms with Gasteiger partial charge in [-0.25, -0.2) is 14.5 Å². The van der Waals surface area contributed by atoms with Crippen molar-refractivity contribution < 1.29 is 9.90 Å². The largest absolute Gasteiger partial charge is 0.480 e. The zero-order valence-corrected chi connectivity index (χ0v) is 13.3. The average Bonchev–Trinajstić information content (AvgIpc) is 3.32. The molecule has 0 aliphatic heterocycles. The predicted octanol–water partition coefficient (Wildman–Crippen LogP) is 2.75. The Hall–Kier alpha value is -3.00. The third kappa shape index (κ3) is 2.56. The van der Waals surface area contributed by atoms with Crippen LogP contribution in [-0.2, 0) is 11.2 Å². The number of para-hydroxylation sites is 1. The Kier molecular flexibility index (Phi) is 3.58. The fraction of sp³-hybridized carbons (Fsp3) is 0.125. The monoisotopic (exact) mass is 339 g/mol. The van der Waals surface area contributed by atoms with Gasteiger partial charge in [0.05, 0.1) is 6.20 Å². The van der Waals surface area contributed by atoms with Crippen LogP contribution in [0.25, 0.3) is 21.6 Å². The molecule has 0 spiro atoms. The normalized spacial score (nSPS) is 12.5. The molecule has 0 amide bonds. The molecule has 1 atom stereocenters. The van der Waals surface area contributed by atoms with Crippen LogP contribution in [0.3, 0.4) is 0 Å². The summed E-state index contributed by atoms with van der Waals surface area (Å²) in [6, 6.07) is 6.98. The zero-order valence-electron chi connectivity index (χ0n) is 12.5. The van der Waals surface area contributed by atoms with Gasteiger partial charge < -0.3 is 10.1 Å². The van der Waals surface area contributed by atoms with Crippen LogP contribution >= 0.6 is 11.3 Å². The second kappa shape index (κ2) is 5.89. The van der Waals surface area contributed by atoms with E-state index in [9.17, 15) is 9.90 Å². The summed E-state index contributed by atoms with van der Waals surface area (Å²) < 4.78 is 1.39. The van der Waals surface area contributed by atoms with E-state index in [1.54, 1.807) is 12.4 Å². The van der Waals surface area contributed by atoms with Crippen LogP contribution in [0.2, 0.25) is 0 Å². The molecular weight excluding hydrogens is 326 g/mol. The Morgan fingerprint density at radius 3 is 3.04 bits per heavy atom. The second-order valence-electron chi connectivity index (χ2n) is 5.34. The molecule has 24 heavy (non-hydrogen) atoms. The molecule has 0 radical (unpaired) electrons. The molecule has 4 rings (SSSR count). The minimum absolute atomic E-state index is 0.319. The van der Waals surface area contributed by atoms with Gasteiger partial charge in [0.1, 0.15) is 10.7 Å². The van der Waals surface area contributed by atoms with Crippen LogP contribution in [0.4, 0.5) is 0 Å². The van der Waals surface area contributed by atoms with E-state index in [4.69, 9.17) is 0 Å². The quantitative estimate of drug-likeness (QED) is 0.583. The Labute approximate surface area is 140 Å². The van der Waals surface area contributed by atoms with Crippen molar-refractivity contribution in [1.29, 1.82) is 0 Å². The molecule has 8 heteroatoms. The van der Waals surface area contributed by atoms with E-state index in [0.29, 0.717) is 12.1 Å². The van der Waals surface area contributed by atoms with Gasteiger partial charge in [0, 0.05) is 35.1 Å². The van der Waals surface area contributed by atoms with Gasteiger partial charge in [-0.2, -0.15) is 0 Å². The summed E-state index contributed by atoms with van der Waals surface area (Å²) in [5.41, 5.74) is 2.50. The maximum atomic E-state index is 11.7. The maximum Gasteiger partial charge on any atom is 0.328 e. The number of nitrogens with zero attached hydrogens (tertiary/aromatic N) is 4. The summed E-state index contributed by atoms with van der Waals surface area (Å²) in [6.07, 6.45) is 5.48. The van der Waals surface area contributed by atoms with Gasteiger partial charge in [-0.15, -0.1) is 16.4 Å². The van der Waals surface area contributed by atoms with Crippen molar-refractivity contribution in [3.05, 3.63) is 53.8 Å². The molecule has 3 heterocycles. The first kappa shape index (κ1) is 14.6. The molecule has 1 aromatic carbocycles. The van der Waals surface area contributed by atoms with Gasteiger partial charge in [-0.05, 0) is 11.6 Å². The number of hydrogen-bond donors (Lipinski definition) is 2. The number of aliphatic carboxylic acids is 1. The lowest BCUT2D eigenvalue weighted by Gasteiger charge is -2.11. The number of aromatic amines is 1. The van der Waals surface area contributed by atoms with Gasteiger partial charge >= 0.3 is 5.97 Å². The number of fused-ring (bicyclic) bond motifs is 1. The van der Waals surface area contributed by atoms with Crippen molar-refractivity contribution in [1.82, 2.24) is 25.0 Å². The number of aromatic nitrogens is 5. The smallest absolute Gasteiger partial charge is 0.328 e. The van der Waals surface area contributed by atoms with E-state index in [0.717, 1.165) is 21.5 Å². The maximum absolute atomic E-state index is 11.7. The topological polar surface area (TPSA) is 96.7 Å².